The highest BCUT2D eigenvalue weighted by Gasteiger charge is 2.17. The first-order chi connectivity index (χ1) is 10.0. The number of nitrogens with zero attached hydrogens (tertiary/aromatic N) is 2. The Labute approximate surface area is 123 Å². The van der Waals surface area contributed by atoms with Gasteiger partial charge in [-0.3, -0.25) is 14.3 Å². The number of aliphatic carboxylic acids is 1. The molecule has 2 atom stereocenters. The van der Waals surface area contributed by atoms with Crippen molar-refractivity contribution in [3.63, 3.8) is 0 Å². The van der Waals surface area contributed by atoms with E-state index >= 15 is 0 Å². The van der Waals surface area contributed by atoms with Gasteiger partial charge in [0, 0.05) is 25.6 Å². The number of nitrogens with one attached hydrogen (secondary N) is 1. The number of anilines is 1. The Balaban J connectivity index is 1.78. The van der Waals surface area contributed by atoms with Crippen molar-refractivity contribution in [1.82, 2.24) is 9.78 Å². The highest BCUT2D eigenvalue weighted by Crippen LogP contribution is 2.15. The van der Waals surface area contributed by atoms with Crippen LogP contribution in [0.3, 0.4) is 0 Å². The molecule has 7 nitrogen and oxygen atoms in total. The standard InChI is InChI=1S/C14H21N3O4/c1-10(6-14(19)20)5-13(18)16-11-7-15-17(8-11)9-12-3-2-4-21-12/h7-8,10,12H,2-6,9H2,1H3,(H,16,18)(H,19,20). The third kappa shape index (κ3) is 5.18. The summed E-state index contributed by atoms with van der Waals surface area (Å²) >= 11 is 0. The number of rotatable bonds is 7. The Kier molecular flexibility index (Phi) is 5.32. The fourth-order valence-corrected chi connectivity index (χ4v) is 2.42. The second-order valence-corrected chi connectivity index (χ2v) is 5.54. The summed E-state index contributed by atoms with van der Waals surface area (Å²) in [6.07, 6.45) is 5.85. The first-order valence-electron chi connectivity index (χ1n) is 7.18. The molecule has 1 aromatic heterocycles. The summed E-state index contributed by atoms with van der Waals surface area (Å²) in [5, 5.41) is 15.6. The lowest BCUT2D eigenvalue weighted by molar-refractivity contribution is -0.138. The van der Waals surface area contributed by atoms with E-state index in [4.69, 9.17) is 9.84 Å². The van der Waals surface area contributed by atoms with Crippen molar-refractivity contribution >= 4 is 17.6 Å². The monoisotopic (exact) mass is 295 g/mol. The topological polar surface area (TPSA) is 93.5 Å². The Morgan fingerprint density at radius 2 is 2.38 bits per heavy atom. The molecule has 0 radical (unpaired) electrons. The molecule has 1 aliphatic heterocycles. The van der Waals surface area contributed by atoms with Crippen LogP contribution in [0.4, 0.5) is 5.69 Å². The third-order valence-corrected chi connectivity index (χ3v) is 3.39. The van der Waals surface area contributed by atoms with E-state index in [-0.39, 0.29) is 30.8 Å². The van der Waals surface area contributed by atoms with Gasteiger partial charge in [-0.05, 0) is 18.8 Å². The zero-order valence-corrected chi connectivity index (χ0v) is 12.1. The Morgan fingerprint density at radius 1 is 1.57 bits per heavy atom. The molecule has 0 bridgehead atoms. The van der Waals surface area contributed by atoms with Crippen LogP contribution in [-0.2, 0) is 20.9 Å². The second kappa shape index (κ2) is 7.21. The number of carboxylic acid groups (broad SMARTS) is 1. The van der Waals surface area contributed by atoms with Gasteiger partial charge in [-0.1, -0.05) is 6.92 Å². The average Bonchev–Trinajstić information content (AvgIpc) is 3.00. The van der Waals surface area contributed by atoms with Gasteiger partial charge in [0.1, 0.15) is 0 Å². The van der Waals surface area contributed by atoms with Crippen LogP contribution in [0.15, 0.2) is 12.4 Å². The van der Waals surface area contributed by atoms with Crippen LogP contribution >= 0.6 is 0 Å². The molecular weight excluding hydrogens is 274 g/mol. The van der Waals surface area contributed by atoms with Crippen molar-refractivity contribution < 1.29 is 19.4 Å². The first kappa shape index (κ1) is 15.5. The lowest BCUT2D eigenvalue weighted by atomic mass is 10.0. The van der Waals surface area contributed by atoms with E-state index in [1.807, 2.05) is 0 Å². The van der Waals surface area contributed by atoms with Crippen LogP contribution in [0.25, 0.3) is 0 Å². The van der Waals surface area contributed by atoms with Gasteiger partial charge in [-0.15, -0.1) is 0 Å². The molecule has 1 fully saturated rings. The van der Waals surface area contributed by atoms with E-state index in [1.165, 1.54) is 0 Å². The molecule has 2 rings (SSSR count). The third-order valence-electron chi connectivity index (χ3n) is 3.39. The van der Waals surface area contributed by atoms with E-state index in [2.05, 4.69) is 10.4 Å². The molecule has 116 valence electrons. The van der Waals surface area contributed by atoms with Crippen LogP contribution in [0.1, 0.15) is 32.6 Å². The molecular formula is C14H21N3O4. The zero-order valence-electron chi connectivity index (χ0n) is 12.1. The van der Waals surface area contributed by atoms with Crippen molar-refractivity contribution in [2.24, 2.45) is 5.92 Å². The number of hydrogen-bond donors (Lipinski definition) is 2. The SMILES string of the molecule is CC(CC(=O)O)CC(=O)Nc1cnn(CC2CCCO2)c1. The molecule has 0 spiro atoms. The Bertz CT molecular complexity index is 494. The molecule has 0 aromatic carbocycles. The van der Waals surface area contributed by atoms with Crippen LogP contribution in [0.2, 0.25) is 0 Å². The number of hydrogen-bond acceptors (Lipinski definition) is 4. The number of amides is 1. The molecule has 7 heteroatoms. The number of carboxylic acids is 1. The number of ether oxygens (including phenoxy) is 1. The first-order valence-corrected chi connectivity index (χ1v) is 7.18. The number of aromatic nitrogens is 2. The predicted octanol–water partition coefficient (Wildman–Crippen LogP) is 1.50. The van der Waals surface area contributed by atoms with E-state index < -0.39 is 5.97 Å². The summed E-state index contributed by atoms with van der Waals surface area (Å²) < 4.78 is 7.29. The summed E-state index contributed by atoms with van der Waals surface area (Å²) in [5.74, 6) is -1.27. The summed E-state index contributed by atoms with van der Waals surface area (Å²) in [6, 6.07) is 0. The van der Waals surface area contributed by atoms with Gasteiger partial charge in [0.15, 0.2) is 0 Å². The summed E-state index contributed by atoms with van der Waals surface area (Å²) in [7, 11) is 0. The molecule has 1 aromatic rings. The summed E-state index contributed by atoms with van der Waals surface area (Å²) in [6.45, 7) is 3.23. The van der Waals surface area contributed by atoms with Crippen LogP contribution < -0.4 is 5.32 Å². The second-order valence-electron chi connectivity index (χ2n) is 5.54. The molecule has 0 aliphatic carbocycles. The largest absolute Gasteiger partial charge is 0.481 e. The highest BCUT2D eigenvalue weighted by atomic mass is 16.5. The highest BCUT2D eigenvalue weighted by molar-refractivity contribution is 5.90. The Hall–Kier alpha value is -1.89. The van der Waals surface area contributed by atoms with Gasteiger partial charge in [-0.25, -0.2) is 0 Å². The van der Waals surface area contributed by atoms with Crippen molar-refractivity contribution in [2.45, 2.75) is 45.3 Å². The average molecular weight is 295 g/mol. The van der Waals surface area contributed by atoms with Gasteiger partial charge in [0.2, 0.25) is 5.91 Å². The molecule has 1 aliphatic rings. The lowest BCUT2D eigenvalue weighted by Crippen LogP contribution is -2.17. The van der Waals surface area contributed by atoms with Crippen LogP contribution in [0.5, 0.6) is 0 Å². The van der Waals surface area contributed by atoms with Crippen molar-refractivity contribution in [3.05, 3.63) is 12.4 Å². The maximum Gasteiger partial charge on any atom is 0.303 e. The van der Waals surface area contributed by atoms with Crippen LogP contribution in [0, 0.1) is 5.92 Å². The fraction of sp³-hybridized carbons (Fsp3) is 0.643. The summed E-state index contributed by atoms with van der Waals surface area (Å²) in [4.78, 5) is 22.4. The van der Waals surface area contributed by atoms with Gasteiger partial charge < -0.3 is 15.2 Å². The van der Waals surface area contributed by atoms with Gasteiger partial charge >= 0.3 is 5.97 Å². The van der Waals surface area contributed by atoms with Crippen LogP contribution in [-0.4, -0.2) is 39.5 Å². The zero-order chi connectivity index (χ0) is 15.2. The normalized spacial score (nSPS) is 19.4. The molecule has 0 saturated carbocycles. The fourth-order valence-electron chi connectivity index (χ4n) is 2.42. The van der Waals surface area contributed by atoms with Crippen molar-refractivity contribution in [3.8, 4) is 0 Å². The predicted molar refractivity (Wildman–Crippen MR) is 75.9 cm³/mol. The minimum absolute atomic E-state index is 0.00823. The van der Waals surface area contributed by atoms with Crippen molar-refractivity contribution in [2.75, 3.05) is 11.9 Å². The van der Waals surface area contributed by atoms with Gasteiger partial charge in [-0.2, -0.15) is 5.10 Å². The van der Waals surface area contributed by atoms with Crippen molar-refractivity contribution in [1.29, 1.82) is 0 Å². The van der Waals surface area contributed by atoms with Gasteiger partial charge in [0.25, 0.3) is 0 Å². The molecule has 21 heavy (non-hydrogen) atoms. The smallest absolute Gasteiger partial charge is 0.303 e. The maximum absolute atomic E-state index is 11.8. The van der Waals surface area contributed by atoms with E-state index in [1.54, 1.807) is 24.0 Å². The molecule has 2 N–H and O–H groups in total. The van der Waals surface area contributed by atoms with E-state index in [0.717, 1.165) is 19.4 Å². The lowest BCUT2D eigenvalue weighted by Gasteiger charge is -2.09. The minimum Gasteiger partial charge on any atom is -0.481 e. The molecule has 1 saturated heterocycles. The quantitative estimate of drug-likeness (QED) is 0.795. The molecule has 1 amide bonds. The molecule has 2 heterocycles. The number of carbonyl (C=O) groups excluding carboxylic acids is 1. The van der Waals surface area contributed by atoms with E-state index in [9.17, 15) is 9.59 Å². The number of carbonyl (C=O) groups is 2. The summed E-state index contributed by atoms with van der Waals surface area (Å²) in [5.41, 5.74) is 0.625. The molecule has 2 unspecified atom stereocenters. The maximum atomic E-state index is 11.8. The van der Waals surface area contributed by atoms with E-state index in [0.29, 0.717) is 12.2 Å². The Morgan fingerprint density at radius 3 is 3.05 bits per heavy atom. The van der Waals surface area contributed by atoms with Gasteiger partial charge in [0.05, 0.1) is 24.5 Å². The minimum atomic E-state index is -0.889.